The fourth-order valence-electron chi connectivity index (χ4n) is 4.11. The average molecular weight is 444 g/mol. The van der Waals surface area contributed by atoms with Crippen LogP contribution in [0.2, 0.25) is 0 Å². The predicted molar refractivity (Wildman–Crippen MR) is 123 cm³/mol. The Morgan fingerprint density at radius 1 is 1.00 bits per heavy atom. The standard InChI is InChI=1S/C25H21N3O3S/c1-32(30,31)21-13-19(14-26-15-21)22-7-4-6-18-16-28(25(29)24(18)22)12-11-20-10-9-17-5-2-3-8-23(17)27-20/h2-10,13-15H,11-12,16H2,1H3. The number of carbonyl (C=O) groups excluding carboxylic acids is 1. The summed E-state index contributed by atoms with van der Waals surface area (Å²) in [5.74, 6) is -0.0545. The molecule has 0 atom stereocenters. The predicted octanol–water partition coefficient (Wildman–Crippen LogP) is 3.90. The highest BCUT2D eigenvalue weighted by atomic mass is 32.2. The van der Waals surface area contributed by atoms with Gasteiger partial charge in [0, 0.05) is 54.8 Å². The smallest absolute Gasteiger partial charge is 0.255 e. The zero-order chi connectivity index (χ0) is 22.3. The first-order chi connectivity index (χ1) is 15.4. The Labute approximate surface area is 186 Å². The summed E-state index contributed by atoms with van der Waals surface area (Å²) in [6.07, 6.45) is 4.73. The van der Waals surface area contributed by atoms with Gasteiger partial charge in [0.05, 0.1) is 16.0 Å². The topological polar surface area (TPSA) is 80.2 Å². The van der Waals surface area contributed by atoms with E-state index in [-0.39, 0.29) is 10.8 Å². The quantitative estimate of drug-likeness (QED) is 0.467. The second-order valence-electron chi connectivity index (χ2n) is 7.99. The molecule has 1 aliphatic heterocycles. The van der Waals surface area contributed by atoms with Crippen molar-refractivity contribution in [3.05, 3.63) is 89.9 Å². The summed E-state index contributed by atoms with van der Waals surface area (Å²) < 4.78 is 23.9. The summed E-state index contributed by atoms with van der Waals surface area (Å²) >= 11 is 0. The van der Waals surface area contributed by atoms with Crippen molar-refractivity contribution in [3.63, 3.8) is 0 Å². The molecule has 0 unspecified atom stereocenters. The van der Waals surface area contributed by atoms with Crippen molar-refractivity contribution in [2.75, 3.05) is 12.8 Å². The molecule has 0 saturated carbocycles. The summed E-state index contributed by atoms with van der Waals surface area (Å²) in [6, 6.07) is 19.3. The van der Waals surface area contributed by atoms with E-state index in [1.165, 1.54) is 6.20 Å². The van der Waals surface area contributed by atoms with E-state index in [0.717, 1.165) is 28.4 Å². The van der Waals surface area contributed by atoms with Crippen molar-refractivity contribution < 1.29 is 13.2 Å². The van der Waals surface area contributed by atoms with Gasteiger partial charge in [0.25, 0.3) is 5.91 Å². The lowest BCUT2D eigenvalue weighted by molar-refractivity contribution is 0.0780. The van der Waals surface area contributed by atoms with Crippen LogP contribution < -0.4 is 0 Å². The van der Waals surface area contributed by atoms with E-state index in [1.807, 2.05) is 53.4 Å². The molecule has 6 nitrogen and oxygen atoms in total. The first kappa shape index (κ1) is 20.3. The van der Waals surface area contributed by atoms with Crippen LogP contribution in [0, 0.1) is 0 Å². The molecule has 7 heteroatoms. The molecule has 0 radical (unpaired) electrons. The van der Waals surface area contributed by atoms with E-state index >= 15 is 0 Å². The molecular formula is C25H21N3O3S. The summed E-state index contributed by atoms with van der Waals surface area (Å²) in [7, 11) is -3.39. The van der Waals surface area contributed by atoms with E-state index in [0.29, 0.717) is 36.2 Å². The first-order valence-electron chi connectivity index (χ1n) is 10.3. The molecule has 32 heavy (non-hydrogen) atoms. The van der Waals surface area contributed by atoms with Crippen molar-refractivity contribution >= 4 is 26.6 Å². The highest BCUT2D eigenvalue weighted by molar-refractivity contribution is 7.90. The molecule has 5 rings (SSSR count). The number of rotatable bonds is 5. The van der Waals surface area contributed by atoms with Crippen LogP contribution in [0.3, 0.4) is 0 Å². The van der Waals surface area contributed by atoms with Gasteiger partial charge in [-0.3, -0.25) is 14.8 Å². The van der Waals surface area contributed by atoms with Crippen molar-refractivity contribution in [3.8, 4) is 11.1 Å². The zero-order valence-corrected chi connectivity index (χ0v) is 18.3. The first-order valence-corrected chi connectivity index (χ1v) is 12.2. The number of carbonyl (C=O) groups is 1. The maximum Gasteiger partial charge on any atom is 0.255 e. The molecule has 0 spiro atoms. The average Bonchev–Trinajstić information content (AvgIpc) is 3.13. The second kappa shape index (κ2) is 7.84. The minimum atomic E-state index is -3.39. The summed E-state index contributed by atoms with van der Waals surface area (Å²) in [4.78, 5) is 24.0. The Kier molecular flexibility index (Phi) is 4.98. The molecule has 1 aliphatic rings. The minimum Gasteiger partial charge on any atom is -0.334 e. The van der Waals surface area contributed by atoms with Crippen LogP contribution in [0.1, 0.15) is 21.6 Å². The number of amides is 1. The Balaban J connectivity index is 1.40. The van der Waals surface area contributed by atoms with Crippen LogP contribution in [-0.4, -0.2) is 42.0 Å². The van der Waals surface area contributed by atoms with Gasteiger partial charge in [-0.1, -0.05) is 42.5 Å². The SMILES string of the molecule is CS(=O)(=O)c1cncc(-c2cccc3c2C(=O)N(CCc2ccc4ccccc4n2)C3)c1. The van der Waals surface area contributed by atoms with Crippen molar-refractivity contribution in [1.82, 2.24) is 14.9 Å². The third kappa shape index (κ3) is 3.76. The number of para-hydroxylation sites is 1. The summed E-state index contributed by atoms with van der Waals surface area (Å²) in [6.45, 7) is 1.08. The second-order valence-corrected chi connectivity index (χ2v) is 10.0. The van der Waals surface area contributed by atoms with Crippen LogP contribution in [0.15, 0.2) is 78.0 Å². The lowest BCUT2D eigenvalue weighted by atomic mass is 9.98. The van der Waals surface area contributed by atoms with Gasteiger partial charge in [-0.25, -0.2) is 8.42 Å². The van der Waals surface area contributed by atoms with Gasteiger partial charge in [0.15, 0.2) is 9.84 Å². The van der Waals surface area contributed by atoms with E-state index in [1.54, 1.807) is 12.3 Å². The number of benzene rings is 2. The molecule has 0 aliphatic carbocycles. The summed E-state index contributed by atoms with van der Waals surface area (Å²) in [5.41, 5.74) is 4.77. The minimum absolute atomic E-state index is 0.0545. The maximum atomic E-state index is 13.3. The number of hydrogen-bond acceptors (Lipinski definition) is 5. The normalized spacial score (nSPS) is 13.5. The van der Waals surface area contributed by atoms with Gasteiger partial charge >= 0.3 is 0 Å². The maximum absolute atomic E-state index is 13.3. The van der Waals surface area contributed by atoms with E-state index in [2.05, 4.69) is 11.1 Å². The largest absolute Gasteiger partial charge is 0.334 e. The van der Waals surface area contributed by atoms with E-state index in [4.69, 9.17) is 4.98 Å². The van der Waals surface area contributed by atoms with Gasteiger partial charge in [0.2, 0.25) is 0 Å². The Bertz CT molecular complexity index is 1460. The third-order valence-corrected chi connectivity index (χ3v) is 6.84. The van der Waals surface area contributed by atoms with Crippen LogP contribution in [0.5, 0.6) is 0 Å². The van der Waals surface area contributed by atoms with Crippen molar-refractivity contribution in [1.29, 1.82) is 0 Å². The number of pyridine rings is 2. The van der Waals surface area contributed by atoms with Gasteiger partial charge in [-0.15, -0.1) is 0 Å². The number of fused-ring (bicyclic) bond motifs is 2. The number of aromatic nitrogens is 2. The lowest BCUT2D eigenvalue weighted by Gasteiger charge is -2.15. The van der Waals surface area contributed by atoms with Crippen LogP contribution in [0.25, 0.3) is 22.0 Å². The Morgan fingerprint density at radius 3 is 2.69 bits per heavy atom. The molecule has 0 fully saturated rings. The molecule has 0 saturated heterocycles. The molecule has 160 valence electrons. The van der Waals surface area contributed by atoms with E-state index in [9.17, 15) is 13.2 Å². The molecule has 2 aromatic carbocycles. The monoisotopic (exact) mass is 443 g/mol. The van der Waals surface area contributed by atoms with Gasteiger partial charge in [-0.2, -0.15) is 0 Å². The number of sulfone groups is 1. The molecule has 2 aromatic heterocycles. The van der Waals surface area contributed by atoms with Gasteiger partial charge in [0.1, 0.15) is 0 Å². The summed E-state index contributed by atoms with van der Waals surface area (Å²) in [5, 5.41) is 1.09. The zero-order valence-electron chi connectivity index (χ0n) is 17.5. The van der Waals surface area contributed by atoms with Crippen molar-refractivity contribution in [2.24, 2.45) is 0 Å². The van der Waals surface area contributed by atoms with Crippen LogP contribution in [-0.2, 0) is 22.8 Å². The number of nitrogens with zero attached hydrogens (tertiary/aromatic N) is 3. The highest BCUT2D eigenvalue weighted by Crippen LogP contribution is 2.33. The molecule has 4 aromatic rings. The lowest BCUT2D eigenvalue weighted by Crippen LogP contribution is -2.26. The molecular weight excluding hydrogens is 422 g/mol. The fraction of sp³-hybridized carbons (Fsp3) is 0.160. The number of hydrogen-bond donors (Lipinski definition) is 0. The molecule has 0 N–H and O–H groups in total. The van der Waals surface area contributed by atoms with Gasteiger partial charge < -0.3 is 4.90 Å². The highest BCUT2D eigenvalue weighted by Gasteiger charge is 2.30. The Hall–Kier alpha value is -3.58. The van der Waals surface area contributed by atoms with Crippen LogP contribution in [0.4, 0.5) is 0 Å². The van der Waals surface area contributed by atoms with E-state index < -0.39 is 9.84 Å². The Morgan fingerprint density at radius 2 is 1.84 bits per heavy atom. The molecule has 0 bridgehead atoms. The molecule has 1 amide bonds. The van der Waals surface area contributed by atoms with Gasteiger partial charge in [-0.05, 0) is 29.3 Å². The fourth-order valence-corrected chi connectivity index (χ4v) is 4.70. The van der Waals surface area contributed by atoms with Crippen molar-refractivity contribution in [2.45, 2.75) is 17.9 Å². The third-order valence-electron chi connectivity index (χ3n) is 5.76. The van der Waals surface area contributed by atoms with Crippen LogP contribution >= 0.6 is 0 Å². The molecule has 3 heterocycles.